The zero-order valence-electron chi connectivity index (χ0n) is 12.6. The first-order valence-corrected chi connectivity index (χ1v) is 8.61. The largest absolute Gasteiger partial charge is 0.496 e. The lowest BCUT2D eigenvalue weighted by Crippen LogP contribution is -2.18. The van der Waals surface area contributed by atoms with Crippen LogP contribution < -0.4 is 10.2 Å². The number of H-pyrrole nitrogens is 1. The highest BCUT2D eigenvalue weighted by Gasteiger charge is 2.11. The summed E-state index contributed by atoms with van der Waals surface area (Å²) in [5.41, 5.74) is 4.37. The number of ether oxygens (including phenoxy) is 1. The highest BCUT2D eigenvalue weighted by molar-refractivity contribution is 9.10. The minimum absolute atomic E-state index is 0.284. The molecule has 0 unspecified atom stereocenters. The smallest absolute Gasteiger partial charge is 0.291 e. The first-order valence-electron chi connectivity index (χ1n) is 6.93. The van der Waals surface area contributed by atoms with E-state index in [9.17, 15) is 4.79 Å². The predicted octanol–water partition coefficient (Wildman–Crippen LogP) is 3.67. The lowest BCUT2D eigenvalue weighted by molar-refractivity contribution is 0.0950. The van der Waals surface area contributed by atoms with Crippen molar-refractivity contribution in [1.29, 1.82) is 0 Å². The summed E-state index contributed by atoms with van der Waals surface area (Å²) in [5.74, 6) is 0.353. The second-order valence-corrected chi connectivity index (χ2v) is 6.54. The second-order valence-electron chi connectivity index (χ2n) is 4.74. The van der Waals surface area contributed by atoms with Gasteiger partial charge in [-0.3, -0.25) is 9.89 Å². The molecule has 0 aliphatic rings. The Morgan fingerprint density at radius 2 is 2.29 bits per heavy atom. The van der Waals surface area contributed by atoms with Crippen molar-refractivity contribution in [3.63, 3.8) is 0 Å². The summed E-state index contributed by atoms with van der Waals surface area (Å²) in [7, 11) is 1.60. The lowest BCUT2D eigenvalue weighted by atomic mass is 10.2. The molecule has 8 heteroatoms. The molecule has 0 saturated carbocycles. The van der Waals surface area contributed by atoms with Crippen LogP contribution in [0.25, 0.3) is 10.6 Å². The van der Waals surface area contributed by atoms with Gasteiger partial charge >= 0.3 is 0 Å². The molecular weight excluding hydrogens is 392 g/mol. The number of nitrogens with one attached hydrogen (secondary N) is 2. The van der Waals surface area contributed by atoms with Gasteiger partial charge in [-0.15, -0.1) is 11.3 Å². The zero-order chi connectivity index (χ0) is 16.9. The van der Waals surface area contributed by atoms with E-state index in [4.69, 9.17) is 4.74 Å². The van der Waals surface area contributed by atoms with E-state index in [0.29, 0.717) is 0 Å². The van der Waals surface area contributed by atoms with E-state index in [-0.39, 0.29) is 11.6 Å². The van der Waals surface area contributed by atoms with Crippen LogP contribution >= 0.6 is 27.3 Å². The summed E-state index contributed by atoms with van der Waals surface area (Å²) in [5, 5.41) is 12.8. The molecule has 6 nitrogen and oxygen atoms in total. The number of rotatable bonds is 5. The molecule has 2 N–H and O–H groups in total. The Bertz CT molecular complexity index is 874. The number of thiophene rings is 1. The number of halogens is 1. The Kier molecular flexibility index (Phi) is 5.07. The van der Waals surface area contributed by atoms with Crippen LogP contribution in [0.5, 0.6) is 5.75 Å². The maximum atomic E-state index is 12.1. The van der Waals surface area contributed by atoms with E-state index in [2.05, 4.69) is 36.7 Å². The van der Waals surface area contributed by atoms with Crippen molar-refractivity contribution < 1.29 is 9.53 Å². The highest BCUT2D eigenvalue weighted by Crippen LogP contribution is 2.25. The number of aromatic nitrogens is 2. The Labute approximate surface area is 150 Å². The molecule has 0 saturated heterocycles. The van der Waals surface area contributed by atoms with Gasteiger partial charge in [-0.05, 0) is 57.2 Å². The number of carbonyl (C=O) groups is 1. The number of aromatic amines is 1. The SMILES string of the molecule is COc1ccc(C=NNC(=O)c2cc(-c3cccs3)[nH]n2)cc1Br. The molecule has 24 heavy (non-hydrogen) atoms. The molecule has 1 amide bonds. The molecule has 0 atom stereocenters. The predicted molar refractivity (Wildman–Crippen MR) is 97.7 cm³/mol. The number of hydrazone groups is 1. The minimum atomic E-state index is -0.377. The molecule has 122 valence electrons. The van der Waals surface area contributed by atoms with Gasteiger partial charge in [0.2, 0.25) is 0 Å². The van der Waals surface area contributed by atoms with Crippen molar-refractivity contribution in [3.05, 3.63) is 57.5 Å². The number of carbonyl (C=O) groups excluding carboxylic acids is 1. The first kappa shape index (κ1) is 16.4. The van der Waals surface area contributed by atoms with Crippen molar-refractivity contribution in [3.8, 4) is 16.3 Å². The molecule has 0 aliphatic heterocycles. The molecule has 0 bridgehead atoms. The van der Waals surface area contributed by atoms with Crippen LogP contribution in [-0.4, -0.2) is 29.4 Å². The number of nitrogens with zero attached hydrogens (tertiary/aromatic N) is 2. The summed E-state index contributed by atoms with van der Waals surface area (Å²) >= 11 is 4.97. The molecular formula is C16H13BrN4O2S. The average molecular weight is 405 g/mol. The van der Waals surface area contributed by atoms with Gasteiger partial charge in [0.25, 0.3) is 5.91 Å². The standard InChI is InChI=1S/C16H13BrN4O2S/c1-23-14-5-4-10(7-11(14)17)9-18-21-16(22)13-8-12(19-20-13)15-3-2-6-24-15/h2-9H,1H3,(H,19,20)(H,21,22). The van der Waals surface area contributed by atoms with Crippen LogP contribution in [0, 0.1) is 0 Å². The van der Waals surface area contributed by atoms with E-state index >= 15 is 0 Å². The fourth-order valence-electron chi connectivity index (χ4n) is 1.98. The molecule has 2 heterocycles. The quantitative estimate of drug-likeness (QED) is 0.502. The van der Waals surface area contributed by atoms with Crippen LogP contribution in [0.15, 0.2) is 51.4 Å². The van der Waals surface area contributed by atoms with E-state index in [1.807, 2.05) is 35.7 Å². The lowest BCUT2D eigenvalue weighted by Gasteiger charge is -2.03. The van der Waals surface area contributed by atoms with Gasteiger partial charge in [0.1, 0.15) is 5.75 Å². The van der Waals surface area contributed by atoms with Crippen molar-refractivity contribution in [2.24, 2.45) is 5.10 Å². The molecule has 2 aromatic heterocycles. The fraction of sp³-hybridized carbons (Fsp3) is 0.0625. The summed E-state index contributed by atoms with van der Waals surface area (Å²) in [6.45, 7) is 0. The van der Waals surface area contributed by atoms with Crippen LogP contribution in [0.1, 0.15) is 16.1 Å². The van der Waals surface area contributed by atoms with Crippen LogP contribution in [-0.2, 0) is 0 Å². The maximum absolute atomic E-state index is 12.1. The van der Waals surface area contributed by atoms with Crippen LogP contribution in [0.2, 0.25) is 0 Å². The summed E-state index contributed by atoms with van der Waals surface area (Å²) in [4.78, 5) is 13.1. The van der Waals surface area contributed by atoms with E-state index in [1.54, 1.807) is 30.7 Å². The molecule has 0 aliphatic carbocycles. The molecule has 0 fully saturated rings. The molecule has 3 aromatic rings. The average Bonchev–Trinajstić information content (AvgIpc) is 3.26. The van der Waals surface area contributed by atoms with Crippen molar-refractivity contribution in [2.45, 2.75) is 0 Å². The van der Waals surface area contributed by atoms with Crippen molar-refractivity contribution >= 4 is 39.4 Å². The van der Waals surface area contributed by atoms with Gasteiger partial charge in [0.05, 0.1) is 28.4 Å². The van der Waals surface area contributed by atoms with Gasteiger partial charge < -0.3 is 4.74 Å². The number of hydrogen-bond donors (Lipinski definition) is 2. The Balaban J connectivity index is 1.64. The Hall–Kier alpha value is -2.45. The molecule has 1 aromatic carbocycles. The van der Waals surface area contributed by atoms with Gasteiger partial charge in [0.15, 0.2) is 5.69 Å². The van der Waals surface area contributed by atoms with E-state index in [0.717, 1.165) is 26.4 Å². The first-order chi connectivity index (χ1) is 11.7. The summed E-state index contributed by atoms with van der Waals surface area (Å²) in [6, 6.07) is 11.1. The van der Waals surface area contributed by atoms with Crippen molar-refractivity contribution in [1.82, 2.24) is 15.6 Å². The Morgan fingerprint density at radius 1 is 1.42 bits per heavy atom. The van der Waals surface area contributed by atoms with Crippen molar-refractivity contribution in [2.75, 3.05) is 7.11 Å². The number of hydrogen-bond acceptors (Lipinski definition) is 5. The maximum Gasteiger partial charge on any atom is 0.291 e. The third kappa shape index (κ3) is 3.72. The Morgan fingerprint density at radius 3 is 3.00 bits per heavy atom. The normalized spacial score (nSPS) is 10.9. The summed E-state index contributed by atoms with van der Waals surface area (Å²) in [6.07, 6.45) is 1.55. The van der Waals surface area contributed by atoms with Gasteiger partial charge in [0, 0.05) is 0 Å². The minimum Gasteiger partial charge on any atom is -0.496 e. The van der Waals surface area contributed by atoms with E-state index < -0.39 is 0 Å². The number of methoxy groups -OCH3 is 1. The topological polar surface area (TPSA) is 79.4 Å². The number of amides is 1. The molecule has 0 spiro atoms. The van der Waals surface area contributed by atoms with Crippen LogP contribution in [0.3, 0.4) is 0 Å². The zero-order valence-corrected chi connectivity index (χ0v) is 15.0. The second kappa shape index (κ2) is 7.41. The van der Waals surface area contributed by atoms with E-state index in [1.165, 1.54) is 0 Å². The van der Waals surface area contributed by atoms with Crippen LogP contribution in [0.4, 0.5) is 0 Å². The third-order valence-corrected chi connectivity index (χ3v) is 4.68. The number of benzene rings is 1. The molecule has 3 rings (SSSR count). The fourth-order valence-corrected chi connectivity index (χ4v) is 3.23. The monoisotopic (exact) mass is 404 g/mol. The van der Waals surface area contributed by atoms with Gasteiger partial charge in [-0.25, -0.2) is 5.43 Å². The van der Waals surface area contributed by atoms with Gasteiger partial charge in [-0.2, -0.15) is 10.2 Å². The summed E-state index contributed by atoms with van der Waals surface area (Å²) < 4.78 is 5.97. The van der Waals surface area contributed by atoms with Gasteiger partial charge in [-0.1, -0.05) is 6.07 Å². The highest BCUT2D eigenvalue weighted by atomic mass is 79.9. The third-order valence-electron chi connectivity index (χ3n) is 3.15. The molecule has 0 radical (unpaired) electrons.